The van der Waals surface area contributed by atoms with E-state index in [0.717, 1.165) is 5.69 Å². The third-order valence-corrected chi connectivity index (χ3v) is 6.10. The number of piperidine rings is 1. The van der Waals surface area contributed by atoms with Crippen molar-refractivity contribution in [1.82, 2.24) is 10.2 Å². The van der Waals surface area contributed by atoms with E-state index in [1.807, 2.05) is 6.07 Å². The van der Waals surface area contributed by atoms with Gasteiger partial charge >= 0.3 is 0 Å². The van der Waals surface area contributed by atoms with E-state index in [2.05, 4.69) is 24.1 Å². The second-order valence-corrected chi connectivity index (χ2v) is 8.93. The first-order valence-electron chi connectivity index (χ1n) is 11.1. The van der Waals surface area contributed by atoms with Gasteiger partial charge < -0.3 is 10.2 Å². The number of fused-ring (bicyclic) bond motifs is 1. The molecule has 0 atom stereocenters. The Hall–Kier alpha value is -3.22. The lowest BCUT2D eigenvalue weighted by Crippen LogP contribution is -2.41. The van der Waals surface area contributed by atoms with Crippen molar-refractivity contribution in [1.29, 1.82) is 0 Å². The molecule has 1 N–H and O–H groups in total. The monoisotopic (exact) mass is 437 g/mol. The van der Waals surface area contributed by atoms with Gasteiger partial charge in [-0.25, -0.2) is 4.39 Å². The van der Waals surface area contributed by atoms with Gasteiger partial charge in [0, 0.05) is 25.6 Å². The van der Waals surface area contributed by atoms with Crippen LogP contribution in [0.1, 0.15) is 53.0 Å². The van der Waals surface area contributed by atoms with Gasteiger partial charge in [-0.2, -0.15) is 0 Å². The van der Waals surface area contributed by atoms with E-state index in [1.54, 1.807) is 24.3 Å². The summed E-state index contributed by atoms with van der Waals surface area (Å²) in [7, 11) is 0. The third-order valence-electron chi connectivity index (χ3n) is 6.10. The molecule has 3 amide bonds. The minimum Gasteiger partial charge on any atom is -0.371 e. The fourth-order valence-electron chi connectivity index (χ4n) is 4.37. The van der Waals surface area contributed by atoms with Crippen molar-refractivity contribution in [3.05, 3.63) is 65.0 Å². The van der Waals surface area contributed by atoms with E-state index in [-0.39, 0.29) is 30.2 Å². The molecule has 0 radical (unpaired) electrons. The van der Waals surface area contributed by atoms with Crippen LogP contribution in [0.4, 0.5) is 10.1 Å². The summed E-state index contributed by atoms with van der Waals surface area (Å²) in [5.41, 5.74) is 2.07. The maximum absolute atomic E-state index is 13.6. The molecule has 1 fully saturated rings. The summed E-state index contributed by atoms with van der Waals surface area (Å²) in [6, 6.07) is 11.2. The van der Waals surface area contributed by atoms with Gasteiger partial charge in [-0.3, -0.25) is 19.3 Å². The van der Waals surface area contributed by atoms with Crippen LogP contribution in [0.5, 0.6) is 0 Å². The third kappa shape index (κ3) is 4.38. The Morgan fingerprint density at radius 1 is 1.09 bits per heavy atom. The summed E-state index contributed by atoms with van der Waals surface area (Å²) in [4.78, 5) is 41.8. The lowest BCUT2D eigenvalue weighted by Gasteiger charge is -2.34. The lowest BCUT2D eigenvalue weighted by atomic mass is 9.94. The molecule has 32 heavy (non-hydrogen) atoms. The van der Waals surface area contributed by atoms with Crippen LogP contribution in [0.15, 0.2) is 42.5 Å². The van der Waals surface area contributed by atoms with E-state index >= 15 is 0 Å². The van der Waals surface area contributed by atoms with Gasteiger partial charge in [-0.1, -0.05) is 32.0 Å². The number of hydrogen-bond donors (Lipinski definition) is 1. The first kappa shape index (κ1) is 22.0. The first-order chi connectivity index (χ1) is 15.3. The van der Waals surface area contributed by atoms with Gasteiger partial charge in [0.05, 0.1) is 23.4 Å². The molecular formula is C25H28FN3O3. The number of halogens is 1. The van der Waals surface area contributed by atoms with Crippen LogP contribution in [-0.2, 0) is 11.3 Å². The average molecular weight is 438 g/mol. The van der Waals surface area contributed by atoms with E-state index in [4.69, 9.17) is 0 Å². The molecule has 6 nitrogen and oxygen atoms in total. The number of hydrogen-bond acceptors (Lipinski definition) is 4. The molecule has 0 aliphatic carbocycles. The van der Waals surface area contributed by atoms with Crippen LogP contribution in [0.25, 0.3) is 0 Å². The lowest BCUT2D eigenvalue weighted by molar-refractivity contribution is -0.125. The Bertz CT molecular complexity index is 1040. The van der Waals surface area contributed by atoms with Crippen molar-refractivity contribution < 1.29 is 18.8 Å². The second kappa shape index (κ2) is 9.10. The molecule has 1 saturated heterocycles. The van der Waals surface area contributed by atoms with Crippen LogP contribution in [-0.4, -0.2) is 42.3 Å². The molecule has 2 aliphatic heterocycles. The topological polar surface area (TPSA) is 69.7 Å². The van der Waals surface area contributed by atoms with Gasteiger partial charge in [-0.05, 0) is 48.6 Å². The number of carbonyl (C=O) groups is 3. The number of anilines is 1. The molecule has 0 unspecified atom stereocenters. The summed E-state index contributed by atoms with van der Waals surface area (Å²) in [5, 5.41) is 3.00. The Morgan fingerprint density at radius 3 is 2.50 bits per heavy atom. The molecule has 0 spiro atoms. The minimum absolute atomic E-state index is 0.0294. The first-order valence-corrected chi connectivity index (χ1v) is 11.1. The Balaban J connectivity index is 1.48. The molecule has 7 heteroatoms. The zero-order valence-corrected chi connectivity index (χ0v) is 18.4. The van der Waals surface area contributed by atoms with E-state index in [0.29, 0.717) is 55.1 Å². The highest BCUT2D eigenvalue weighted by Crippen LogP contribution is 2.34. The van der Waals surface area contributed by atoms with Gasteiger partial charge in [-0.15, -0.1) is 0 Å². The van der Waals surface area contributed by atoms with E-state index in [1.165, 1.54) is 17.0 Å². The molecule has 2 aromatic carbocycles. The zero-order valence-electron chi connectivity index (χ0n) is 18.4. The quantitative estimate of drug-likeness (QED) is 0.701. The molecule has 2 aliphatic rings. The number of nitrogens with one attached hydrogen (secondary N) is 1. The van der Waals surface area contributed by atoms with Crippen molar-refractivity contribution in [3.8, 4) is 0 Å². The molecule has 0 bridgehead atoms. The number of carbonyl (C=O) groups excluding carboxylic acids is 3. The molecule has 0 aromatic heterocycles. The van der Waals surface area contributed by atoms with Crippen molar-refractivity contribution in [3.63, 3.8) is 0 Å². The Kier molecular flexibility index (Phi) is 6.26. The Morgan fingerprint density at radius 2 is 1.81 bits per heavy atom. The summed E-state index contributed by atoms with van der Waals surface area (Å²) < 4.78 is 13.6. The predicted octanol–water partition coefficient (Wildman–Crippen LogP) is 3.61. The second-order valence-electron chi connectivity index (χ2n) is 8.93. The number of amides is 3. The zero-order chi connectivity index (χ0) is 22.8. The fourth-order valence-corrected chi connectivity index (χ4v) is 4.37. The summed E-state index contributed by atoms with van der Waals surface area (Å²) in [6.07, 6.45) is 1.39. The summed E-state index contributed by atoms with van der Waals surface area (Å²) >= 11 is 0. The van der Waals surface area contributed by atoms with Gasteiger partial charge in [0.25, 0.3) is 11.8 Å². The average Bonchev–Trinajstić information content (AvgIpc) is 3.02. The van der Waals surface area contributed by atoms with Crippen LogP contribution in [0, 0.1) is 17.7 Å². The molecule has 0 saturated carbocycles. The van der Waals surface area contributed by atoms with Crippen LogP contribution in [0.3, 0.4) is 0 Å². The highest BCUT2D eigenvalue weighted by molar-refractivity contribution is 6.23. The van der Waals surface area contributed by atoms with E-state index in [9.17, 15) is 18.8 Å². The molecule has 4 rings (SSSR count). The van der Waals surface area contributed by atoms with Gasteiger partial charge in [0.1, 0.15) is 5.82 Å². The predicted molar refractivity (Wildman–Crippen MR) is 120 cm³/mol. The van der Waals surface area contributed by atoms with Crippen LogP contribution < -0.4 is 10.2 Å². The summed E-state index contributed by atoms with van der Waals surface area (Å²) in [6.45, 7) is 6.11. The largest absolute Gasteiger partial charge is 0.371 e. The molecular weight excluding hydrogens is 409 g/mol. The fraction of sp³-hybridized carbons (Fsp3) is 0.400. The standard InChI is InChI=1S/C25H28FN3O3/c1-16(2)14-27-23(30)18-9-11-28(12-10-18)21-8-4-7-20-22(21)25(32)29(24(20)31)15-17-5-3-6-19(26)13-17/h3-8,13,16,18H,9-12,14-15H2,1-2H3,(H,27,30). The van der Waals surface area contributed by atoms with Crippen LogP contribution >= 0.6 is 0 Å². The highest BCUT2D eigenvalue weighted by atomic mass is 19.1. The van der Waals surface area contributed by atoms with Gasteiger partial charge in [0.15, 0.2) is 0 Å². The molecule has 2 aromatic rings. The van der Waals surface area contributed by atoms with Crippen molar-refractivity contribution in [2.45, 2.75) is 33.2 Å². The van der Waals surface area contributed by atoms with Gasteiger partial charge in [0.2, 0.25) is 5.91 Å². The molecule has 168 valence electrons. The normalized spacial score (nSPS) is 16.6. The number of nitrogens with zero attached hydrogens (tertiary/aromatic N) is 2. The van der Waals surface area contributed by atoms with E-state index < -0.39 is 5.82 Å². The van der Waals surface area contributed by atoms with Crippen molar-refractivity contribution >= 4 is 23.4 Å². The van der Waals surface area contributed by atoms with Crippen molar-refractivity contribution in [2.24, 2.45) is 11.8 Å². The summed E-state index contributed by atoms with van der Waals surface area (Å²) in [5.74, 6) is -0.668. The maximum atomic E-state index is 13.6. The number of benzene rings is 2. The van der Waals surface area contributed by atoms with Crippen LogP contribution in [0.2, 0.25) is 0 Å². The highest BCUT2D eigenvalue weighted by Gasteiger charge is 2.39. The Labute approximate surface area is 187 Å². The smallest absolute Gasteiger partial charge is 0.263 e. The van der Waals surface area contributed by atoms with Crippen molar-refractivity contribution in [2.75, 3.05) is 24.5 Å². The molecule has 2 heterocycles. The number of imide groups is 1. The minimum atomic E-state index is -0.403. The number of rotatable bonds is 6. The maximum Gasteiger partial charge on any atom is 0.263 e. The SMILES string of the molecule is CC(C)CNC(=O)C1CCN(c2cccc3c2C(=O)N(Cc2cccc(F)c2)C3=O)CC1.